The number of aromatic nitrogens is 3. The predicted octanol–water partition coefficient (Wildman–Crippen LogP) is 4.49. The van der Waals surface area contributed by atoms with Crippen LogP contribution < -0.4 is 20.1 Å². The van der Waals surface area contributed by atoms with Crippen molar-refractivity contribution in [3.05, 3.63) is 82.4 Å². The zero-order valence-electron chi connectivity index (χ0n) is 25.2. The minimum atomic E-state index is -0.800. The van der Waals surface area contributed by atoms with Crippen molar-refractivity contribution in [2.45, 2.75) is 58.0 Å². The normalized spacial score (nSPS) is 17.1. The van der Waals surface area contributed by atoms with Gasteiger partial charge < -0.3 is 34.1 Å². The lowest BCUT2D eigenvalue weighted by Crippen LogP contribution is -2.49. The molecular weight excluding hydrogens is 550 g/mol. The highest BCUT2D eigenvalue weighted by atomic mass is 16.6. The number of anilines is 1. The Hall–Kier alpha value is -4.51. The summed E-state index contributed by atoms with van der Waals surface area (Å²) in [6.45, 7) is 6.81. The smallest absolute Gasteiger partial charge is 0.410 e. The van der Waals surface area contributed by atoms with Gasteiger partial charge in [0.25, 0.3) is 0 Å². The fourth-order valence-electron chi connectivity index (χ4n) is 5.46. The molecule has 5 rings (SSSR count). The summed E-state index contributed by atoms with van der Waals surface area (Å²) in [6, 6.07) is 17.0. The highest BCUT2D eigenvalue weighted by molar-refractivity contribution is 5.86. The quantitative estimate of drug-likeness (QED) is 0.308. The van der Waals surface area contributed by atoms with Crippen LogP contribution in [0.2, 0.25) is 0 Å². The third-order valence-electron chi connectivity index (χ3n) is 7.41. The molecule has 2 N–H and O–H groups in total. The number of imidazole rings is 1. The van der Waals surface area contributed by atoms with Crippen LogP contribution in [0.4, 0.5) is 10.6 Å². The number of rotatable bonds is 8. The molecule has 43 heavy (non-hydrogen) atoms. The minimum Gasteiger partial charge on any atom is -0.497 e. The highest BCUT2D eigenvalue weighted by Gasteiger charge is 2.34. The van der Waals surface area contributed by atoms with E-state index in [9.17, 15) is 14.7 Å². The number of likely N-dealkylation sites (tertiary alicyclic amines) is 1. The molecule has 0 saturated carbocycles. The number of β-amino-alcohol motifs (C(OH)–C–C–N with tert-alkyl or cyclic N) is 1. The molecule has 228 valence electrons. The molecule has 1 fully saturated rings. The van der Waals surface area contributed by atoms with Crippen LogP contribution in [0.15, 0.2) is 65.6 Å². The lowest BCUT2D eigenvalue weighted by molar-refractivity contribution is -0.00564. The molecule has 0 aliphatic carbocycles. The van der Waals surface area contributed by atoms with Crippen LogP contribution >= 0.6 is 0 Å². The number of fused-ring (bicyclic) bond motifs is 1. The largest absolute Gasteiger partial charge is 0.497 e. The number of hydrogen-bond acceptors (Lipinski definition) is 8. The Morgan fingerprint density at radius 1 is 0.977 bits per heavy atom. The number of carbonyl (C=O) groups is 1. The van der Waals surface area contributed by atoms with Crippen molar-refractivity contribution >= 4 is 22.9 Å². The standard InChI is InChI=1S/C32H39N5O6/c1-32(2,3)43-31(40)36-19-23(16-24(38)20-36)37-27-14-15-33-29(28(27)34-30(37)39)35(17-21-6-10-25(41-4)11-7-21)18-22-8-12-26(42-5)13-9-22/h6-15,23-24,38H,16-20H2,1-5H3,(H,34,39)/t23-,24+/m1/s1. The van der Waals surface area contributed by atoms with Crippen molar-refractivity contribution in [3.63, 3.8) is 0 Å². The summed E-state index contributed by atoms with van der Waals surface area (Å²) in [5, 5.41) is 10.7. The minimum absolute atomic E-state index is 0.146. The number of hydrogen-bond donors (Lipinski definition) is 2. The molecular formula is C32H39N5O6. The van der Waals surface area contributed by atoms with E-state index >= 15 is 0 Å². The van der Waals surface area contributed by atoms with Gasteiger partial charge in [-0.25, -0.2) is 14.6 Å². The van der Waals surface area contributed by atoms with E-state index in [0.717, 1.165) is 22.6 Å². The maximum absolute atomic E-state index is 13.5. The number of aromatic amines is 1. The summed E-state index contributed by atoms with van der Waals surface area (Å²) in [5.41, 5.74) is 2.30. The molecule has 11 heteroatoms. The Morgan fingerprint density at radius 2 is 1.56 bits per heavy atom. The molecule has 1 aliphatic rings. The molecule has 1 aliphatic heterocycles. The summed E-state index contributed by atoms with van der Waals surface area (Å²) in [5.74, 6) is 2.14. The lowest BCUT2D eigenvalue weighted by atomic mass is 10.0. The molecule has 11 nitrogen and oxygen atoms in total. The fraction of sp³-hybridized carbons (Fsp3) is 0.406. The topological polar surface area (TPSA) is 122 Å². The van der Waals surface area contributed by atoms with Crippen molar-refractivity contribution in [2.75, 3.05) is 32.2 Å². The molecule has 0 spiro atoms. The van der Waals surface area contributed by atoms with Crippen molar-refractivity contribution in [1.29, 1.82) is 0 Å². The third-order valence-corrected chi connectivity index (χ3v) is 7.41. The van der Waals surface area contributed by atoms with Gasteiger partial charge in [-0.05, 0) is 68.7 Å². The molecule has 0 bridgehead atoms. The predicted molar refractivity (Wildman–Crippen MR) is 164 cm³/mol. The van der Waals surface area contributed by atoms with Crippen molar-refractivity contribution in [1.82, 2.24) is 19.4 Å². The Bertz CT molecular complexity index is 1560. The average molecular weight is 590 g/mol. The number of methoxy groups -OCH3 is 2. The van der Waals surface area contributed by atoms with E-state index in [1.807, 2.05) is 48.5 Å². The molecule has 1 amide bonds. The molecule has 2 aromatic carbocycles. The van der Waals surface area contributed by atoms with Crippen molar-refractivity contribution in [3.8, 4) is 11.5 Å². The number of aliphatic hydroxyl groups excluding tert-OH is 1. The Balaban J connectivity index is 1.51. The van der Waals surface area contributed by atoms with Gasteiger partial charge in [-0.2, -0.15) is 0 Å². The zero-order chi connectivity index (χ0) is 30.7. The number of benzene rings is 2. The van der Waals surface area contributed by atoms with Crippen molar-refractivity contribution < 1.29 is 24.1 Å². The van der Waals surface area contributed by atoms with Crippen LogP contribution in [0, 0.1) is 0 Å². The summed E-state index contributed by atoms with van der Waals surface area (Å²) >= 11 is 0. The molecule has 3 heterocycles. The van der Waals surface area contributed by atoms with Crippen LogP contribution in [0.1, 0.15) is 44.4 Å². The first-order valence-corrected chi connectivity index (χ1v) is 14.3. The Kier molecular flexibility index (Phi) is 8.63. The van der Waals surface area contributed by atoms with E-state index < -0.39 is 23.8 Å². The SMILES string of the molecule is COc1ccc(CN(Cc2ccc(OC)cc2)c2nccc3c2[nH]c(=O)n3[C@@H]2C[C@H](O)CN(C(=O)OC(C)(C)C)C2)cc1. The van der Waals surface area contributed by atoms with Gasteiger partial charge in [0, 0.05) is 25.8 Å². The first-order valence-electron chi connectivity index (χ1n) is 14.3. The Labute approximate surface area is 250 Å². The van der Waals surface area contributed by atoms with Crippen LogP contribution in [0.5, 0.6) is 11.5 Å². The molecule has 2 aromatic heterocycles. The van der Waals surface area contributed by atoms with Gasteiger partial charge in [0.15, 0.2) is 5.82 Å². The number of pyridine rings is 1. The summed E-state index contributed by atoms with van der Waals surface area (Å²) < 4.78 is 17.8. The lowest BCUT2D eigenvalue weighted by Gasteiger charge is -2.36. The molecule has 2 atom stereocenters. The van der Waals surface area contributed by atoms with E-state index in [-0.39, 0.29) is 18.8 Å². The number of H-pyrrole nitrogens is 1. The van der Waals surface area contributed by atoms with Gasteiger partial charge in [-0.15, -0.1) is 0 Å². The van der Waals surface area contributed by atoms with E-state index in [2.05, 4.69) is 9.88 Å². The second-order valence-electron chi connectivity index (χ2n) is 11.8. The fourth-order valence-corrected chi connectivity index (χ4v) is 5.46. The summed E-state index contributed by atoms with van der Waals surface area (Å²) in [7, 11) is 3.27. The average Bonchev–Trinajstić information content (AvgIpc) is 3.32. The van der Waals surface area contributed by atoms with Gasteiger partial charge in [-0.1, -0.05) is 24.3 Å². The van der Waals surface area contributed by atoms with Gasteiger partial charge >= 0.3 is 11.8 Å². The number of nitrogens with one attached hydrogen (secondary N) is 1. The number of nitrogens with zero attached hydrogens (tertiary/aromatic N) is 4. The highest BCUT2D eigenvalue weighted by Crippen LogP contribution is 2.30. The first kappa shape index (κ1) is 30.0. The Morgan fingerprint density at radius 3 is 2.09 bits per heavy atom. The molecule has 0 radical (unpaired) electrons. The second-order valence-corrected chi connectivity index (χ2v) is 11.8. The van der Waals surface area contributed by atoms with Crippen molar-refractivity contribution in [2.24, 2.45) is 0 Å². The number of carbonyl (C=O) groups excluding carboxylic acids is 1. The van der Waals surface area contributed by atoms with Gasteiger partial charge in [-0.3, -0.25) is 4.57 Å². The maximum Gasteiger partial charge on any atom is 0.410 e. The monoisotopic (exact) mass is 589 g/mol. The molecule has 1 saturated heterocycles. The molecule has 0 unspecified atom stereocenters. The number of ether oxygens (including phenoxy) is 3. The van der Waals surface area contributed by atoms with E-state index in [4.69, 9.17) is 19.2 Å². The van der Waals surface area contributed by atoms with E-state index in [1.165, 1.54) is 4.90 Å². The van der Waals surface area contributed by atoms with Crippen LogP contribution in [-0.2, 0) is 17.8 Å². The van der Waals surface area contributed by atoms with Crippen LogP contribution in [0.3, 0.4) is 0 Å². The third kappa shape index (κ3) is 6.94. The molecule has 4 aromatic rings. The van der Waals surface area contributed by atoms with Crippen LogP contribution in [0.25, 0.3) is 11.0 Å². The number of amides is 1. The van der Waals surface area contributed by atoms with Gasteiger partial charge in [0.2, 0.25) is 0 Å². The summed E-state index contributed by atoms with van der Waals surface area (Å²) in [6.07, 6.45) is 0.690. The number of piperidine rings is 1. The zero-order valence-corrected chi connectivity index (χ0v) is 25.2. The first-order chi connectivity index (χ1) is 20.5. The van der Waals surface area contributed by atoms with E-state index in [0.29, 0.717) is 36.4 Å². The van der Waals surface area contributed by atoms with Crippen LogP contribution in [-0.4, -0.2) is 69.6 Å². The summed E-state index contributed by atoms with van der Waals surface area (Å²) in [4.78, 5) is 37.7. The van der Waals surface area contributed by atoms with Gasteiger partial charge in [0.1, 0.15) is 22.6 Å². The van der Waals surface area contributed by atoms with E-state index in [1.54, 1.807) is 51.8 Å². The maximum atomic E-state index is 13.5. The second kappa shape index (κ2) is 12.4. The number of aliphatic hydroxyl groups is 1. The van der Waals surface area contributed by atoms with Gasteiger partial charge in [0.05, 0.1) is 38.4 Å².